The Hall–Kier alpha value is -1.75. The third-order valence-electron chi connectivity index (χ3n) is 2.77. The Labute approximate surface area is 107 Å². The van der Waals surface area contributed by atoms with Gasteiger partial charge in [-0.05, 0) is 24.3 Å². The summed E-state index contributed by atoms with van der Waals surface area (Å²) in [5.74, 6) is 0.653. The minimum absolute atomic E-state index is 0.653. The van der Waals surface area contributed by atoms with Crippen LogP contribution in [-0.2, 0) is 7.05 Å². The molecule has 0 bridgehead atoms. The molecule has 4 nitrogen and oxygen atoms in total. The van der Waals surface area contributed by atoms with Crippen molar-refractivity contribution in [3.8, 4) is 11.4 Å². The summed E-state index contributed by atoms with van der Waals surface area (Å²) < 4.78 is 2.73. The smallest absolute Gasteiger partial charge is 0.122 e. The molecule has 1 aromatic carbocycles. The molecule has 2 aromatic heterocycles. The Morgan fingerprint density at radius 2 is 2.12 bits per heavy atom. The number of anilines is 1. The van der Waals surface area contributed by atoms with Crippen molar-refractivity contribution in [2.45, 2.75) is 0 Å². The number of rotatable bonds is 1. The van der Waals surface area contributed by atoms with Gasteiger partial charge in [-0.1, -0.05) is 15.9 Å². The summed E-state index contributed by atoms with van der Waals surface area (Å²) in [4.78, 5) is 3.33. The van der Waals surface area contributed by atoms with Crippen molar-refractivity contribution in [3.05, 3.63) is 34.8 Å². The van der Waals surface area contributed by atoms with E-state index < -0.39 is 0 Å². The molecule has 0 fully saturated rings. The van der Waals surface area contributed by atoms with E-state index in [-0.39, 0.29) is 0 Å². The highest BCUT2D eigenvalue weighted by molar-refractivity contribution is 9.10. The van der Waals surface area contributed by atoms with E-state index in [0.29, 0.717) is 5.82 Å². The number of nitrogens with one attached hydrogen (secondary N) is 1. The monoisotopic (exact) mass is 290 g/mol. The van der Waals surface area contributed by atoms with E-state index in [4.69, 9.17) is 5.73 Å². The molecule has 3 aromatic rings. The van der Waals surface area contributed by atoms with Crippen LogP contribution in [0, 0.1) is 0 Å². The zero-order valence-corrected chi connectivity index (χ0v) is 10.8. The van der Waals surface area contributed by atoms with Crippen LogP contribution in [-0.4, -0.2) is 14.8 Å². The molecular formula is C12H11BrN4. The van der Waals surface area contributed by atoms with Crippen molar-refractivity contribution in [1.29, 1.82) is 0 Å². The van der Waals surface area contributed by atoms with Crippen molar-refractivity contribution >= 4 is 32.7 Å². The molecule has 5 heteroatoms. The first-order valence-corrected chi connectivity index (χ1v) is 6.01. The number of aryl methyl sites for hydroxylation is 1. The highest BCUT2D eigenvalue weighted by Gasteiger charge is 2.08. The van der Waals surface area contributed by atoms with Crippen LogP contribution in [0.25, 0.3) is 22.3 Å². The Balaban J connectivity index is 2.17. The van der Waals surface area contributed by atoms with E-state index >= 15 is 0 Å². The molecule has 0 aliphatic heterocycles. The second-order valence-electron chi connectivity index (χ2n) is 3.99. The van der Waals surface area contributed by atoms with Gasteiger partial charge >= 0.3 is 0 Å². The summed E-state index contributed by atoms with van der Waals surface area (Å²) in [5.41, 5.74) is 8.70. The number of nitrogens with two attached hydrogens (primary N) is 1. The number of H-pyrrole nitrogens is 1. The van der Waals surface area contributed by atoms with Gasteiger partial charge in [0.15, 0.2) is 0 Å². The molecule has 3 N–H and O–H groups in total. The number of nitrogens with zero attached hydrogens (tertiary/aromatic N) is 2. The second kappa shape index (κ2) is 3.63. The second-order valence-corrected chi connectivity index (χ2v) is 4.91. The molecule has 0 atom stereocenters. The minimum atomic E-state index is 0.653. The maximum absolute atomic E-state index is 5.78. The molecule has 86 valence electrons. The Bertz CT molecular complexity index is 676. The SMILES string of the molecule is Cn1nc(-c2cc3cc(Br)ccc3[nH]2)cc1N. The van der Waals surface area contributed by atoms with Gasteiger partial charge in [-0.3, -0.25) is 4.68 Å². The third-order valence-corrected chi connectivity index (χ3v) is 3.27. The van der Waals surface area contributed by atoms with E-state index in [1.165, 1.54) is 0 Å². The summed E-state index contributed by atoms with van der Waals surface area (Å²) in [6.45, 7) is 0. The molecule has 0 aliphatic rings. The predicted molar refractivity (Wildman–Crippen MR) is 72.6 cm³/mol. The van der Waals surface area contributed by atoms with E-state index in [0.717, 1.165) is 26.8 Å². The van der Waals surface area contributed by atoms with Gasteiger partial charge in [-0.2, -0.15) is 5.10 Å². The molecule has 2 heterocycles. The predicted octanol–water partition coefficient (Wildman–Crippen LogP) is 2.91. The van der Waals surface area contributed by atoms with E-state index in [1.807, 2.05) is 25.2 Å². The fourth-order valence-corrected chi connectivity index (χ4v) is 2.23. The summed E-state index contributed by atoms with van der Waals surface area (Å²) in [6, 6.07) is 10.0. The van der Waals surface area contributed by atoms with Crippen molar-refractivity contribution < 1.29 is 0 Å². The number of benzene rings is 1. The first-order chi connectivity index (χ1) is 8.13. The molecule has 0 aliphatic carbocycles. The number of aromatic amines is 1. The van der Waals surface area contributed by atoms with E-state index in [2.05, 4.69) is 38.1 Å². The largest absolute Gasteiger partial charge is 0.384 e. The van der Waals surface area contributed by atoms with Gasteiger partial charge in [0.1, 0.15) is 11.5 Å². The zero-order chi connectivity index (χ0) is 12.0. The molecule has 0 saturated heterocycles. The van der Waals surface area contributed by atoms with E-state index in [1.54, 1.807) is 4.68 Å². The lowest BCUT2D eigenvalue weighted by Gasteiger charge is -1.90. The van der Waals surface area contributed by atoms with E-state index in [9.17, 15) is 0 Å². The van der Waals surface area contributed by atoms with Gasteiger partial charge < -0.3 is 10.7 Å². The van der Waals surface area contributed by atoms with Gasteiger partial charge in [0, 0.05) is 28.5 Å². The lowest BCUT2D eigenvalue weighted by Crippen LogP contribution is -1.96. The molecule has 0 spiro atoms. The number of fused-ring (bicyclic) bond motifs is 1. The average molecular weight is 291 g/mol. The molecule has 0 radical (unpaired) electrons. The number of aromatic nitrogens is 3. The first-order valence-electron chi connectivity index (χ1n) is 5.21. The third kappa shape index (κ3) is 1.72. The zero-order valence-electron chi connectivity index (χ0n) is 9.24. The standard InChI is InChI=1S/C12H11BrN4/c1-17-12(14)6-11(16-17)10-5-7-4-8(13)2-3-9(7)15-10/h2-6,15H,14H2,1H3. The van der Waals surface area contributed by atoms with Gasteiger partial charge in [0.25, 0.3) is 0 Å². The van der Waals surface area contributed by atoms with Crippen LogP contribution in [0.3, 0.4) is 0 Å². The number of hydrogen-bond acceptors (Lipinski definition) is 2. The summed E-state index contributed by atoms with van der Waals surface area (Å²) >= 11 is 3.46. The molecule has 17 heavy (non-hydrogen) atoms. The molecule has 0 amide bonds. The fourth-order valence-electron chi connectivity index (χ4n) is 1.85. The van der Waals surface area contributed by atoms with Crippen LogP contribution >= 0.6 is 15.9 Å². The van der Waals surface area contributed by atoms with Crippen molar-refractivity contribution in [1.82, 2.24) is 14.8 Å². The minimum Gasteiger partial charge on any atom is -0.384 e. The lowest BCUT2D eigenvalue weighted by atomic mass is 10.2. The Morgan fingerprint density at radius 1 is 1.29 bits per heavy atom. The lowest BCUT2D eigenvalue weighted by molar-refractivity contribution is 0.781. The maximum Gasteiger partial charge on any atom is 0.122 e. The molecule has 3 rings (SSSR count). The van der Waals surface area contributed by atoms with Crippen LogP contribution in [0.1, 0.15) is 0 Å². The van der Waals surface area contributed by atoms with Crippen LogP contribution in [0.4, 0.5) is 5.82 Å². The quantitative estimate of drug-likeness (QED) is 0.724. The topological polar surface area (TPSA) is 59.6 Å². The normalized spacial score (nSPS) is 11.2. The Kier molecular flexibility index (Phi) is 2.22. The fraction of sp³-hybridized carbons (Fsp3) is 0.0833. The molecule has 0 saturated carbocycles. The number of hydrogen-bond donors (Lipinski definition) is 2. The van der Waals surface area contributed by atoms with Gasteiger partial charge in [-0.25, -0.2) is 0 Å². The first kappa shape index (κ1) is 10.4. The average Bonchev–Trinajstić information content (AvgIpc) is 2.83. The number of nitrogen functional groups attached to an aromatic ring is 1. The van der Waals surface area contributed by atoms with Gasteiger partial charge in [0.05, 0.1) is 5.69 Å². The van der Waals surface area contributed by atoms with Crippen LogP contribution in [0.2, 0.25) is 0 Å². The van der Waals surface area contributed by atoms with Crippen molar-refractivity contribution in [2.24, 2.45) is 7.05 Å². The number of halogens is 1. The summed E-state index contributed by atoms with van der Waals surface area (Å²) in [6.07, 6.45) is 0. The maximum atomic E-state index is 5.78. The summed E-state index contributed by atoms with van der Waals surface area (Å²) in [7, 11) is 1.83. The van der Waals surface area contributed by atoms with Crippen molar-refractivity contribution in [3.63, 3.8) is 0 Å². The highest BCUT2D eigenvalue weighted by Crippen LogP contribution is 2.26. The van der Waals surface area contributed by atoms with Crippen LogP contribution < -0.4 is 5.73 Å². The van der Waals surface area contributed by atoms with Gasteiger partial charge in [0.2, 0.25) is 0 Å². The van der Waals surface area contributed by atoms with Crippen LogP contribution in [0.15, 0.2) is 34.8 Å². The molecule has 0 unspecified atom stereocenters. The highest BCUT2D eigenvalue weighted by atomic mass is 79.9. The molecular weight excluding hydrogens is 280 g/mol. The van der Waals surface area contributed by atoms with Gasteiger partial charge in [-0.15, -0.1) is 0 Å². The Morgan fingerprint density at radius 3 is 2.82 bits per heavy atom. The summed E-state index contributed by atoms with van der Waals surface area (Å²) in [5, 5.41) is 5.50. The van der Waals surface area contributed by atoms with Crippen LogP contribution in [0.5, 0.6) is 0 Å². The van der Waals surface area contributed by atoms with Crippen molar-refractivity contribution in [2.75, 3.05) is 5.73 Å².